The first-order valence-corrected chi connectivity index (χ1v) is 8.41. The summed E-state index contributed by atoms with van der Waals surface area (Å²) in [4.78, 5) is 8.81. The maximum absolute atomic E-state index is 4.87. The summed E-state index contributed by atoms with van der Waals surface area (Å²) in [6, 6.07) is 6.60. The van der Waals surface area contributed by atoms with Crippen LogP contribution in [-0.4, -0.2) is 4.98 Å². The molecule has 0 atom stereocenters. The van der Waals surface area contributed by atoms with Gasteiger partial charge in [0.25, 0.3) is 0 Å². The van der Waals surface area contributed by atoms with Gasteiger partial charge in [-0.15, -0.1) is 11.3 Å². The van der Waals surface area contributed by atoms with E-state index in [4.69, 9.17) is 4.98 Å². The van der Waals surface area contributed by atoms with E-state index >= 15 is 0 Å². The molecule has 0 fully saturated rings. The molecule has 2 aliphatic rings. The average molecular weight is 335 g/mol. The van der Waals surface area contributed by atoms with E-state index in [0.717, 1.165) is 13.1 Å². The molecule has 1 aliphatic carbocycles. The lowest BCUT2D eigenvalue weighted by atomic mass is 10.0. The fourth-order valence-electron chi connectivity index (χ4n) is 2.97. The zero-order valence-corrected chi connectivity index (χ0v) is 13.1. The predicted octanol–water partition coefficient (Wildman–Crippen LogP) is 4.30. The second-order valence-electron chi connectivity index (χ2n) is 5.34. The number of rotatable bonds is 1. The fraction of sp³-hybridized carbons (Fsp3) is 0.400. The molecule has 2 nitrogen and oxygen atoms in total. The molecule has 98 valence electrons. The van der Waals surface area contributed by atoms with Gasteiger partial charge in [-0.2, -0.15) is 0 Å². The number of anilines is 1. The van der Waals surface area contributed by atoms with Crippen LogP contribution in [0.2, 0.25) is 0 Å². The van der Waals surface area contributed by atoms with Gasteiger partial charge in [0.2, 0.25) is 0 Å². The monoisotopic (exact) mass is 334 g/mol. The quantitative estimate of drug-likeness (QED) is 0.772. The number of aryl methyl sites for hydroxylation is 2. The van der Waals surface area contributed by atoms with Crippen molar-refractivity contribution in [2.75, 3.05) is 4.90 Å². The molecule has 0 N–H and O–H groups in total. The molecule has 1 aromatic heterocycles. The van der Waals surface area contributed by atoms with Crippen molar-refractivity contribution < 1.29 is 0 Å². The molecule has 2 heterocycles. The third-order valence-electron chi connectivity index (χ3n) is 4.00. The van der Waals surface area contributed by atoms with Gasteiger partial charge in [0.15, 0.2) is 5.13 Å². The first kappa shape index (κ1) is 11.9. The Morgan fingerprint density at radius 2 is 1.95 bits per heavy atom. The summed E-state index contributed by atoms with van der Waals surface area (Å²) in [7, 11) is 0. The van der Waals surface area contributed by atoms with E-state index in [0.29, 0.717) is 0 Å². The van der Waals surface area contributed by atoms with Gasteiger partial charge in [-0.05, 0) is 48.9 Å². The van der Waals surface area contributed by atoms with E-state index in [9.17, 15) is 0 Å². The largest absolute Gasteiger partial charge is 0.339 e. The van der Waals surface area contributed by atoms with Crippen molar-refractivity contribution in [1.29, 1.82) is 0 Å². The summed E-state index contributed by atoms with van der Waals surface area (Å²) in [6.07, 6.45) is 5.06. The van der Waals surface area contributed by atoms with E-state index in [1.54, 1.807) is 0 Å². The van der Waals surface area contributed by atoms with Crippen LogP contribution in [0.4, 0.5) is 5.13 Å². The fourth-order valence-corrected chi connectivity index (χ4v) is 4.53. The van der Waals surface area contributed by atoms with Crippen LogP contribution in [0.5, 0.6) is 0 Å². The van der Waals surface area contributed by atoms with Crippen LogP contribution in [0.25, 0.3) is 0 Å². The Labute approximate surface area is 125 Å². The molecule has 0 amide bonds. The minimum Gasteiger partial charge on any atom is -0.339 e. The molecule has 1 aliphatic heterocycles. The SMILES string of the molecule is Brc1ccc2c(c1)CN(c1nc3c(s1)CCCC3)C2. The van der Waals surface area contributed by atoms with Gasteiger partial charge in [-0.3, -0.25) is 0 Å². The maximum atomic E-state index is 4.87. The highest BCUT2D eigenvalue weighted by Gasteiger charge is 2.24. The second-order valence-corrected chi connectivity index (χ2v) is 7.32. The number of fused-ring (bicyclic) bond motifs is 2. The van der Waals surface area contributed by atoms with E-state index in [1.165, 1.54) is 57.0 Å². The van der Waals surface area contributed by atoms with Gasteiger partial charge in [0.1, 0.15) is 0 Å². The first-order chi connectivity index (χ1) is 9.29. The zero-order chi connectivity index (χ0) is 12.8. The average Bonchev–Trinajstić information content (AvgIpc) is 3.00. The van der Waals surface area contributed by atoms with Crippen molar-refractivity contribution in [2.45, 2.75) is 38.8 Å². The van der Waals surface area contributed by atoms with Crippen LogP contribution in [0, 0.1) is 0 Å². The number of nitrogens with zero attached hydrogens (tertiary/aromatic N) is 2. The van der Waals surface area contributed by atoms with Gasteiger partial charge < -0.3 is 4.90 Å². The molecule has 19 heavy (non-hydrogen) atoms. The lowest BCUT2D eigenvalue weighted by molar-refractivity contribution is 0.681. The smallest absolute Gasteiger partial charge is 0.186 e. The van der Waals surface area contributed by atoms with Crippen molar-refractivity contribution in [3.8, 4) is 0 Å². The number of hydrogen-bond acceptors (Lipinski definition) is 3. The number of benzene rings is 1. The maximum Gasteiger partial charge on any atom is 0.186 e. The predicted molar refractivity (Wildman–Crippen MR) is 82.8 cm³/mol. The Hall–Kier alpha value is -0.870. The lowest BCUT2D eigenvalue weighted by Gasteiger charge is -2.12. The first-order valence-electron chi connectivity index (χ1n) is 6.80. The highest BCUT2D eigenvalue weighted by Crippen LogP contribution is 2.36. The minimum atomic E-state index is 1.00. The molecule has 4 heteroatoms. The summed E-state index contributed by atoms with van der Waals surface area (Å²) in [5, 5.41) is 1.22. The van der Waals surface area contributed by atoms with Crippen LogP contribution in [0.1, 0.15) is 34.5 Å². The van der Waals surface area contributed by atoms with Crippen molar-refractivity contribution in [3.63, 3.8) is 0 Å². The zero-order valence-electron chi connectivity index (χ0n) is 10.7. The van der Waals surface area contributed by atoms with Crippen molar-refractivity contribution in [2.24, 2.45) is 0 Å². The van der Waals surface area contributed by atoms with E-state index in [2.05, 4.69) is 39.0 Å². The van der Waals surface area contributed by atoms with Crippen LogP contribution in [0.3, 0.4) is 0 Å². The highest BCUT2D eigenvalue weighted by molar-refractivity contribution is 9.10. The van der Waals surface area contributed by atoms with Gasteiger partial charge in [0, 0.05) is 22.4 Å². The number of halogens is 1. The molecule has 0 spiro atoms. The van der Waals surface area contributed by atoms with E-state index in [-0.39, 0.29) is 0 Å². The lowest BCUT2D eigenvalue weighted by Crippen LogP contribution is -2.14. The highest BCUT2D eigenvalue weighted by atomic mass is 79.9. The molecular weight excluding hydrogens is 320 g/mol. The molecule has 1 aromatic carbocycles. The topological polar surface area (TPSA) is 16.1 Å². The van der Waals surface area contributed by atoms with Crippen LogP contribution in [0.15, 0.2) is 22.7 Å². The Kier molecular flexibility index (Phi) is 2.88. The Bertz CT molecular complexity index is 612. The van der Waals surface area contributed by atoms with Gasteiger partial charge >= 0.3 is 0 Å². The van der Waals surface area contributed by atoms with E-state index in [1.807, 2.05) is 11.3 Å². The van der Waals surface area contributed by atoms with Crippen molar-refractivity contribution in [1.82, 2.24) is 4.98 Å². The van der Waals surface area contributed by atoms with Crippen LogP contribution in [-0.2, 0) is 25.9 Å². The summed E-state index contributed by atoms with van der Waals surface area (Å²) in [6.45, 7) is 2.01. The standard InChI is InChI=1S/C15H15BrN2S/c16-12-6-5-10-8-18(9-11(10)7-12)15-17-13-3-1-2-4-14(13)19-15/h5-7H,1-4,8-9H2. The molecule has 0 saturated carbocycles. The minimum absolute atomic E-state index is 1.00. The Balaban J connectivity index is 1.63. The Morgan fingerprint density at radius 3 is 2.84 bits per heavy atom. The molecular formula is C15H15BrN2S. The molecule has 0 unspecified atom stereocenters. The van der Waals surface area contributed by atoms with Crippen LogP contribution >= 0.6 is 27.3 Å². The third-order valence-corrected chi connectivity index (χ3v) is 5.71. The molecule has 0 bridgehead atoms. The summed E-state index contributed by atoms with van der Waals surface area (Å²) in [5.41, 5.74) is 4.24. The van der Waals surface area contributed by atoms with Gasteiger partial charge in [-0.25, -0.2) is 4.98 Å². The molecule has 0 radical (unpaired) electrons. The van der Waals surface area contributed by atoms with Gasteiger partial charge in [-0.1, -0.05) is 22.0 Å². The summed E-state index contributed by atoms with van der Waals surface area (Å²) in [5.74, 6) is 0. The summed E-state index contributed by atoms with van der Waals surface area (Å²) < 4.78 is 1.17. The van der Waals surface area contributed by atoms with Crippen molar-refractivity contribution >= 4 is 32.4 Å². The normalized spacial score (nSPS) is 17.4. The number of hydrogen-bond donors (Lipinski definition) is 0. The van der Waals surface area contributed by atoms with Crippen molar-refractivity contribution in [3.05, 3.63) is 44.4 Å². The van der Waals surface area contributed by atoms with Gasteiger partial charge in [0.05, 0.1) is 5.69 Å². The molecule has 2 aromatic rings. The number of aromatic nitrogens is 1. The molecule has 0 saturated heterocycles. The molecule has 4 rings (SSSR count). The second kappa shape index (κ2) is 4.60. The Morgan fingerprint density at radius 1 is 1.11 bits per heavy atom. The third kappa shape index (κ3) is 2.11. The van der Waals surface area contributed by atoms with E-state index < -0.39 is 0 Å². The summed E-state index contributed by atoms with van der Waals surface area (Å²) >= 11 is 5.47. The number of thiazole rings is 1. The van der Waals surface area contributed by atoms with Crippen LogP contribution < -0.4 is 4.90 Å².